The summed E-state index contributed by atoms with van der Waals surface area (Å²) in [6, 6.07) is 5.20. The van der Waals surface area contributed by atoms with E-state index >= 15 is 0 Å². The zero-order valence-electron chi connectivity index (χ0n) is 13.9. The first kappa shape index (κ1) is 16.9. The van der Waals surface area contributed by atoms with E-state index in [4.69, 9.17) is 21.1 Å². The van der Waals surface area contributed by atoms with Gasteiger partial charge in [-0.1, -0.05) is 0 Å². The molecule has 0 N–H and O–H groups in total. The topological polar surface area (TPSA) is 59.1 Å². The van der Waals surface area contributed by atoms with Crippen LogP contribution in [-0.4, -0.2) is 60.5 Å². The fourth-order valence-electron chi connectivity index (χ4n) is 2.81. The van der Waals surface area contributed by atoms with Gasteiger partial charge in [0.1, 0.15) is 0 Å². The van der Waals surface area contributed by atoms with Gasteiger partial charge in [-0.25, -0.2) is 0 Å². The summed E-state index contributed by atoms with van der Waals surface area (Å²) < 4.78 is 10.6. The first-order valence-corrected chi connectivity index (χ1v) is 8.50. The van der Waals surface area contributed by atoms with E-state index in [0.29, 0.717) is 43.2 Å². The molecule has 1 aromatic carbocycles. The summed E-state index contributed by atoms with van der Waals surface area (Å²) in [7, 11) is 0. The lowest BCUT2D eigenvalue weighted by Gasteiger charge is -2.38. The highest BCUT2D eigenvalue weighted by Crippen LogP contribution is 2.33. The molecule has 0 bridgehead atoms. The van der Waals surface area contributed by atoms with Gasteiger partial charge >= 0.3 is 0 Å². The second-order valence-corrected chi connectivity index (χ2v) is 6.94. The number of halogens is 1. The molecule has 0 unspecified atom stereocenters. The SMILES string of the molecule is CC(C)(CCl)C(=O)N1CCN(C(=O)c2ccc3c(c2)OCO3)CC1. The minimum atomic E-state index is -0.578. The molecule has 1 fully saturated rings. The number of amides is 2. The molecule has 0 aromatic heterocycles. The average Bonchev–Trinajstić information content (AvgIpc) is 3.08. The van der Waals surface area contributed by atoms with E-state index in [1.807, 2.05) is 13.8 Å². The molecule has 6 nitrogen and oxygen atoms in total. The zero-order chi connectivity index (χ0) is 17.3. The smallest absolute Gasteiger partial charge is 0.254 e. The number of carbonyl (C=O) groups is 2. The normalized spacial score (nSPS) is 17.1. The lowest BCUT2D eigenvalue weighted by molar-refractivity contribution is -0.140. The van der Waals surface area contributed by atoms with Gasteiger partial charge in [0.2, 0.25) is 12.7 Å². The Labute approximate surface area is 146 Å². The van der Waals surface area contributed by atoms with Gasteiger partial charge in [0, 0.05) is 37.6 Å². The van der Waals surface area contributed by atoms with Crippen molar-refractivity contribution in [2.75, 3.05) is 38.9 Å². The fraction of sp³-hybridized carbons (Fsp3) is 0.529. The molecule has 2 aliphatic rings. The van der Waals surface area contributed by atoms with Crippen molar-refractivity contribution in [2.45, 2.75) is 13.8 Å². The number of alkyl halides is 1. The molecule has 3 rings (SSSR count). The molecule has 1 saturated heterocycles. The molecule has 130 valence electrons. The van der Waals surface area contributed by atoms with Crippen LogP contribution in [0.4, 0.5) is 0 Å². The highest BCUT2D eigenvalue weighted by atomic mass is 35.5. The lowest BCUT2D eigenvalue weighted by atomic mass is 9.94. The summed E-state index contributed by atoms with van der Waals surface area (Å²) in [5.41, 5.74) is -0.00877. The molecule has 0 radical (unpaired) electrons. The van der Waals surface area contributed by atoms with Crippen molar-refractivity contribution in [3.63, 3.8) is 0 Å². The molecule has 24 heavy (non-hydrogen) atoms. The van der Waals surface area contributed by atoms with Crippen LogP contribution in [0.25, 0.3) is 0 Å². The first-order valence-electron chi connectivity index (χ1n) is 7.96. The maximum atomic E-state index is 12.6. The van der Waals surface area contributed by atoms with Crippen LogP contribution in [0.2, 0.25) is 0 Å². The Morgan fingerprint density at radius 3 is 2.38 bits per heavy atom. The Morgan fingerprint density at radius 1 is 1.08 bits per heavy atom. The van der Waals surface area contributed by atoms with Crippen molar-refractivity contribution in [2.24, 2.45) is 5.41 Å². The minimum absolute atomic E-state index is 0.0349. The standard InChI is InChI=1S/C17H21ClN2O4/c1-17(2,10-18)16(22)20-7-5-19(6-8-20)15(21)12-3-4-13-14(9-12)24-11-23-13/h3-4,9H,5-8,10-11H2,1-2H3. The summed E-state index contributed by atoms with van der Waals surface area (Å²) >= 11 is 5.88. The van der Waals surface area contributed by atoms with Crippen LogP contribution in [0.15, 0.2) is 18.2 Å². The highest BCUT2D eigenvalue weighted by molar-refractivity contribution is 6.19. The number of nitrogens with zero attached hydrogens (tertiary/aromatic N) is 2. The van der Waals surface area contributed by atoms with Crippen molar-refractivity contribution in [1.29, 1.82) is 0 Å². The third-order valence-corrected chi connectivity index (χ3v) is 5.05. The van der Waals surface area contributed by atoms with E-state index in [-0.39, 0.29) is 24.5 Å². The number of benzene rings is 1. The van der Waals surface area contributed by atoms with Gasteiger partial charge in [-0.05, 0) is 32.0 Å². The van der Waals surface area contributed by atoms with E-state index in [1.165, 1.54) is 0 Å². The van der Waals surface area contributed by atoms with Crippen LogP contribution in [0.5, 0.6) is 11.5 Å². The molecule has 0 saturated carbocycles. The van der Waals surface area contributed by atoms with Crippen LogP contribution >= 0.6 is 11.6 Å². The summed E-state index contributed by atoms with van der Waals surface area (Å²) in [6.45, 7) is 5.93. The fourth-order valence-corrected chi connectivity index (χ4v) is 2.92. The highest BCUT2D eigenvalue weighted by Gasteiger charge is 2.34. The molecular formula is C17H21ClN2O4. The molecular weight excluding hydrogens is 332 g/mol. The number of carbonyl (C=O) groups excluding carboxylic acids is 2. The van der Waals surface area contributed by atoms with E-state index in [2.05, 4.69) is 0 Å². The monoisotopic (exact) mass is 352 g/mol. The van der Waals surface area contributed by atoms with Crippen LogP contribution in [0.3, 0.4) is 0 Å². The van der Waals surface area contributed by atoms with Crippen LogP contribution in [0, 0.1) is 5.41 Å². The third-order valence-electron chi connectivity index (χ3n) is 4.39. The molecule has 0 aliphatic carbocycles. The third kappa shape index (κ3) is 3.15. The largest absolute Gasteiger partial charge is 0.454 e. The Hall–Kier alpha value is -1.95. The molecule has 0 atom stereocenters. The van der Waals surface area contributed by atoms with Crippen molar-refractivity contribution >= 4 is 23.4 Å². The van der Waals surface area contributed by atoms with E-state index in [0.717, 1.165) is 0 Å². The van der Waals surface area contributed by atoms with Gasteiger partial charge in [-0.15, -0.1) is 11.6 Å². The molecule has 0 spiro atoms. The van der Waals surface area contributed by atoms with E-state index in [9.17, 15) is 9.59 Å². The predicted octanol–water partition coefficient (Wildman–Crippen LogP) is 1.96. The number of rotatable bonds is 3. The van der Waals surface area contributed by atoms with Gasteiger partial charge in [0.05, 0.1) is 5.41 Å². The Kier molecular flexibility index (Phi) is 4.58. The Balaban J connectivity index is 1.62. The average molecular weight is 353 g/mol. The van der Waals surface area contributed by atoms with Crippen molar-refractivity contribution in [1.82, 2.24) is 9.80 Å². The van der Waals surface area contributed by atoms with Crippen molar-refractivity contribution < 1.29 is 19.1 Å². The second kappa shape index (κ2) is 6.51. The van der Waals surface area contributed by atoms with Crippen LogP contribution < -0.4 is 9.47 Å². The van der Waals surface area contributed by atoms with Gasteiger partial charge in [-0.3, -0.25) is 9.59 Å². The molecule has 7 heteroatoms. The summed E-state index contributed by atoms with van der Waals surface area (Å²) in [5.74, 6) is 1.51. The van der Waals surface area contributed by atoms with Gasteiger partial charge in [0.25, 0.3) is 5.91 Å². The maximum Gasteiger partial charge on any atom is 0.254 e. The molecule has 2 heterocycles. The number of piperazine rings is 1. The predicted molar refractivity (Wildman–Crippen MR) is 89.5 cm³/mol. The molecule has 1 aromatic rings. The lowest BCUT2D eigenvalue weighted by Crippen LogP contribution is -2.53. The van der Waals surface area contributed by atoms with E-state index in [1.54, 1.807) is 28.0 Å². The minimum Gasteiger partial charge on any atom is -0.454 e. The second-order valence-electron chi connectivity index (χ2n) is 6.67. The molecule has 2 aliphatic heterocycles. The maximum absolute atomic E-state index is 12.6. The zero-order valence-corrected chi connectivity index (χ0v) is 14.6. The number of hydrogen-bond acceptors (Lipinski definition) is 4. The summed E-state index contributed by atoms with van der Waals surface area (Å²) in [5, 5.41) is 0. The van der Waals surface area contributed by atoms with Crippen molar-refractivity contribution in [3.8, 4) is 11.5 Å². The van der Waals surface area contributed by atoms with Gasteiger partial charge in [0.15, 0.2) is 11.5 Å². The van der Waals surface area contributed by atoms with Gasteiger partial charge < -0.3 is 19.3 Å². The summed E-state index contributed by atoms with van der Waals surface area (Å²) in [6.07, 6.45) is 0. The van der Waals surface area contributed by atoms with Crippen LogP contribution in [0.1, 0.15) is 24.2 Å². The Bertz CT molecular complexity index is 654. The first-order chi connectivity index (χ1) is 11.4. The number of ether oxygens (including phenoxy) is 2. The van der Waals surface area contributed by atoms with Crippen LogP contribution in [-0.2, 0) is 4.79 Å². The number of fused-ring (bicyclic) bond motifs is 1. The molecule has 2 amide bonds. The van der Waals surface area contributed by atoms with E-state index < -0.39 is 5.41 Å². The van der Waals surface area contributed by atoms with Crippen molar-refractivity contribution in [3.05, 3.63) is 23.8 Å². The number of hydrogen-bond donors (Lipinski definition) is 0. The Morgan fingerprint density at radius 2 is 1.71 bits per heavy atom. The summed E-state index contributed by atoms with van der Waals surface area (Å²) in [4.78, 5) is 28.6. The quantitative estimate of drug-likeness (QED) is 0.780. The van der Waals surface area contributed by atoms with Gasteiger partial charge in [-0.2, -0.15) is 0 Å².